The van der Waals surface area contributed by atoms with Crippen LogP contribution in [0.3, 0.4) is 0 Å². The van der Waals surface area contributed by atoms with Crippen LogP contribution in [-0.2, 0) is 26.0 Å². The van der Waals surface area contributed by atoms with Gasteiger partial charge < -0.3 is 20.6 Å². The number of sulfonamides is 1. The van der Waals surface area contributed by atoms with E-state index in [1.165, 1.54) is 17.8 Å². The molecule has 3 N–H and O–H groups in total. The molecule has 0 aliphatic carbocycles. The molecule has 1 saturated heterocycles. The van der Waals surface area contributed by atoms with E-state index in [0.717, 1.165) is 15.4 Å². The van der Waals surface area contributed by atoms with Gasteiger partial charge in [0.25, 0.3) is 5.91 Å². The first kappa shape index (κ1) is 33.6. The molecule has 2 amide bonds. The molecule has 0 aromatic heterocycles. The Morgan fingerprint density at radius 3 is 2.24 bits per heavy atom. The molecule has 1 aliphatic heterocycles. The molecule has 2 atom stereocenters. The second-order valence-electron chi connectivity index (χ2n) is 10.8. The zero-order chi connectivity index (χ0) is 33.2. The SMILES string of the molecule is CN(C)c1cccc2c(S(=O)(=O)N3CSCC3C(=O)NC(Cc3ccc(NC(=O)c4c(Cl)cccc4Cl)cc3)C(=O)O)cccc12. The number of halogens is 2. The molecule has 10 nitrogen and oxygen atoms in total. The van der Waals surface area contributed by atoms with E-state index in [-0.39, 0.29) is 38.6 Å². The van der Waals surface area contributed by atoms with Crippen LogP contribution in [0.5, 0.6) is 0 Å². The molecule has 240 valence electrons. The highest BCUT2D eigenvalue weighted by molar-refractivity contribution is 8.00. The number of aliphatic carboxylic acids is 1. The molecule has 46 heavy (non-hydrogen) atoms. The third kappa shape index (κ3) is 6.96. The third-order valence-corrected chi connectivity index (χ3v) is 11.2. The normalized spacial score (nSPS) is 15.8. The van der Waals surface area contributed by atoms with Gasteiger partial charge in [-0.05, 0) is 42.0 Å². The highest BCUT2D eigenvalue weighted by Gasteiger charge is 2.41. The number of anilines is 2. The molecule has 5 rings (SSSR count). The van der Waals surface area contributed by atoms with Crippen molar-refractivity contribution < 1.29 is 27.9 Å². The molecular weight excluding hydrogens is 671 g/mol. The van der Waals surface area contributed by atoms with Crippen LogP contribution in [0.1, 0.15) is 15.9 Å². The predicted molar refractivity (Wildman–Crippen MR) is 183 cm³/mol. The van der Waals surface area contributed by atoms with Crippen LogP contribution in [0.15, 0.2) is 83.8 Å². The van der Waals surface area contributed by atoms with Gasteiger partial charge in [0, 0.05) is 48.4 Å². The molecular formula is C32H30Cl2N4O6S2. The van der Waals surface area contributed by atoms with Gasteiger partial charge in [0.05, 0.1) is 26.4 Å². The minimum Gasteiger partial charge on any atom is -0.480 e. The first-order valence-electron chi connectivity index (χ1n) is 14.0. The van der Waals surface area contributed by atoms with Crippen LogP contribution in [0.4, 0.5) is 11.4 Å². The predicted octanol–water partition coefficient (Wildman–Crippen LogP) is 5.34. The lowest BCUT2D eigenvalue weighted by atomic mass is 10.0. The van der Waals surface area contributed by atoms with Crippen LogP contribution in [0.25, 0.3) is 10.8 Å². The monoisotopic (exact) mass is 700 g/mol. The van der Waals surface area contributed by atoms with Gasteiger partial charge in [-0.1, -0.05) is 65.7 Å². The van der Waals surface area contributed by atoms with Gasteiger partial charge in [-0.2, -0.15) is 4.31 Å². The fraction of sp³-hybridized carbons (Fsp3) is 0.219. The van der Waals surface area contributed by atoms with Crippen molar-refractivity contribution in [1.29, 1.82) is 0 Å². The summed E-state index contributed by atoms with van der Waals surface area (Å²) in [6, 6.07) is 19.2. The summed E-state index contributed by atoms with van der Waals surface area (Å²) in [5.41, 5.74) is 1.97. The van der Waals surface area contributed by atoms with E-state index >= 15 is 0 Å². The zero-order valence-corrected chi connectivity index (χ0v) is 27.9. The van der Waals surface area contributed by atoms with E-state index in [2.05, 4.69) is 10.6 Å². The van der Waals surface area contributed by atoms with Gasteiger partial charge >= 0.3 is 5.97 Å². The van der Waals surface area contributed by atoms with Crippen molar-refractivity contribution in [3.63, 3.8) is 0 Å². The largest absolute Gasteiger partial charge is 0.480 e. The van der Waals surface area contributed by atoms with Gasteiger partial charge in [-0.3, -0.25) is 9.59 Å². The molecule has 14 heteroatoms. The number of carbonyl (C=O) groups excluding carboxylic acids is 2. The Labute approximate surface area is 280 Å². The Morgan fingerprint density at radius 2 is 1.59 bits per heavy atom. The maximum atomic E-state index is 13.9. The summed E-state index contributed by atoms with van der Waals surface area (Å²) < 4.78 is 29.0. The van der Waals surface area contributed by atoms with E-state index in [0.29, 0.717) is 16.6 Å². The highest BCUT2D eigenvalue weighted by Crippen LogP contribution is 2.35. The molecule has 1 aliphatic rings. The Hall–Kier alpha value is -3.81. The van der Waals surface area contributed by atoms with Crippen molar-refractivity contribution in [2.45, 2.75) is 23.4 Å². The molecule has 0 spiro atoms. The molecule has 1 heterocycles. The summed E-state index contributed by atoms with van der Waals surface area (Å²) in [6.45, 7) is 0. The summed E-state index contributed by atoms with van der Waals surface area (Å²) in [5.74, 6) is -2.25. The van der Waals surface area contributed by atoms with Gasteiger partial charge in [-0.25, -0.2) is 13.2 Å². The Bertz CT molecular complexity index is 1900. The van der Waals surface area contributed by atoms with Crippen LogP contribution in [0.2, 0.25) is 10.0 Å². The first-order chi connectivity index (χ1) is 21.9. The van der Waals surface area contributed by atoms with Crippen LogP contribution in [-0.4, -0.2) is 73.4 Å². The number of nitrogens with one attached hydrogen (secondary N) is 2. The zero-order valence-electron chi connectivity index (χ0n) is 24.7. The number of rotatable bonds is 10. The van der Waals surface area contributed by atoms with Gasteiger partial charge in [-0.15, -0.1) is 11.8 Å². The Morgan fingerprint density at radius 1 is 0.957 bits per heavy atom. The third-order valence-electron chi connectivity index (χ3n) is 7.53. The van der Waals surface area contributed by atoms with Crippen molar-refractivity contribution in [1.82, 2.24) is 9.62 Å². The lowest BCUT2D eigenvalue weighted by Crippen LogP contribution is -2.52. The summed E-state index contributed by atoms with van der Waals surface area (Å²) in [4.78, 5) is 40.3. The quantitative estimate of drug-likeness (QED) is 0.202. The van der Waals surface area contributed by atoms with Crippen molar-refractivity contribution in [2.75, 3.05) is 35.9 Å². The van der Waals surface area contributed by atoms with E-state index in [1.807, 2.05) is 31.1 Å². The number of thioether (sulfide) groups is 1. The lowest BCUT2D eigenvalue weighted by molar-refractivity contribution is -0.142. The number of carbonyl (C=O) groups is 3. The number of carboxylic acid groups (broad SMARTS) is 1. The Balaban J connectivity index is 1.30. The number of carboxylic acids is 1. The molecule has 0 saturated carbocycles. The molecule has 4 aromatic carbocycles. The average Bonchev–Trinajstić information content (AvgIpc) is 3.52. The lowest BCUT2D eigenvalue weighted by Gasteiger charge is -2.25. The maximum Gasteiger partial charge on any atom is 0.326 e. The summed E-state index contributed by atoms with van der Waals surface area (Å²) in [5, 5.41) is 16.9. The summed E-state index contributed by atoms with van der Waals surface area (Å²) in [6.07, 6.45) is -0.0745. The van der Waals surface area contributed by atoms with Crippen molar-refractivity contribution in [2.24, 2.45) is 0 Å². The number of amides is 2. The maximum absolute atomic E-state index is 13.9. The highest BCUT2D eigenvalue weighted by atomic mass is 35.5. The topological polar surface area (TPSA) is 136 Å². The van der Waals surface area contributed by atoms with Gasteiger partial charge in [0.15, 0.2) is 0 Å². The van der Waals surface area contributed by atoms with E-state index < -0.39 is 39.9 Å². The second kappa shape index (κ2) is 13.9. The van der Waals surface area contributed by atoms with E-state index in [4.69, 9.17) is 23.2 Å². The van der Waals surface area contributed by atoms with Crippen molar-refractivity contribution >= 4 is 84.9 Å². The van der Waals surface area contributed by atoms with Crippen molar-refractivity contribution in [3.8, 4) is 0 Å². The number of hydrogen-bond acceptors (Lipinski definition) is 7. The second-order valence-corrected chi connectivity index (χ2v) is 14.5. The summed E-state index contributed by atoms with van der Waals surface area (Å²) in [7, 11) is -0.378. The van der Waals surface area contributed by atoms with Gasteiger partial charge in [0.1, 0.15) is 12.1 Å². The van der Waals surface area contributed by atoms with E-state index in [1.54, 1.807) is 60.7 Å². The first-order valence-corrected chi connectivity index (χ1v) is 17.4. The van der Waals surface area contributed by atoms with Crippen LogP contribution < -0.4 is 15.5 Å². The minimum absolute atomic E-state index is 0.0501. The average molecular weight is 702 g/mol. The molecule has 1 fully saturated rings. The van der Waals surface area contributed by atoms with E-state index in [9.17, 15) is 27.9 Å². The number of nitrogens with zero attached hydrogens (tertiary/aromatic N) is 2. The minimum atomic E-state index is -4.12. The number of benzene rings is 4. The van der Waals surface area contributed by atoms with Crippen molar-refractivity contribution in [3.05, 3.63) is 100 Å². The van der Waals surface area contributed by atoms with Crippen LogP contribution in [0, 0.1) is 0 Å². The smallest absolute Gasteiger partial charge is 0.326 e. The fourth-order valence-corrected chi connectivity index (χ4v) is 9.14. The molecule has 0 bridgehead atoms. The van der Waals surface area contributed by atoms with Crippen LogP contribution >= 0.6 is 35.0 Å². The molecule has 4 aromatic rings. The summed E-state index contributed by atoms with van der Waals surface area (Å²) >= 11 is 13.5. The standard InChI is InChI=1S/C32H30Cl2N4O6S2/c1-37(2)26-10-3-7-22-21(26)6-4-11-28(22)46(43,44)38-18-45-17-27(38)30(39)36-25(32(41)42)16-19-12-14-20(15-13-19)35-31(40)29-23(33)8-5-9-24(29)34/h3-15,25,27H,16-18H2,1-2H3,(H,35,40)(H,36,39)(H,41,42). The number of fused-ring (bicyclic) bond motifs is 1. The number of hydrogen-bond donors (Lipinski definition) is 3. The molecule has 2 unspecified atom stereocenters. The fourth-order valence-electron chi connectivity index (χ4n) is 5.21. The Kier molecular flexibility index (Phi) is 10.1. The van der Waals surface area contributed by atoms with Gasteiger partial charge in [0.2, 0.25) is 15.9 Å². The molecule has 0 radical (unpaired) electrons.